The number of carbonyl (C=O) groups excluding carboxylic acids is 4. The summed E-state index contributed by atoms with van der Waals surface area (Å²) >= 11 is 0. The van der Waals surface area contributed by atoms with Crippen LogP contribution in [0.2, 0.25) is 0 Å². The molecule has 190 valence electrons. The first kappa shape index (κ1) is 30.4. The largest absolute Gasteiger partial charge is 0.463 e. The molecular weight excluding hydrogens is 434 g/mol. The second kappa shape index (κ2) is 16.1. The molecule has 10 heteroatoms. The summed E-state index contributed by atoms with van der Waals surface area (Å²) in [5.74, 6) is -1.83. The molecule has 0 bridgehead atoms. The van der Waals surface area contributed by atoms with Gasteiger partial charge in [-0.1, -0.05) is 27.4 Å². The SMILES string of the molecule is C=C(C)C(=O)OCCNC(=O)OCCOC(=O)C(CC(C)C)CC(C)(CC)C(=O)OCCO. The predicted molar refractivity (Wildman–Crippen MR) is 120 cm³/mol. The van der Waals surface area contributed by atoms with Gasteiger partial charge < -0.3 is 29.4 Å². The Labute approximate surface area is 196 Å². The van der Waals surface area contributed by atoms with E-state index >= 15 is 0 Å². The fraction of sp³-hybridized carbons (Fsp3) is 0.739. The van der Waals surface area contributed by atoms with Crippen molar-refractivity contribution in [3.8, 4) is 0 Å². The highest BCUT2D eigenvalue weighted by Crippen LogP contribution is 2.34. The summed E-state index contributed by atoms with van der Waals surface area (Å²) < 4.78 is 20.1. The van der Waals surface area contributed by atoms with Crippen LogP contribution < -0.4 is 5.32 Å². The number of ether oxygens (including phenoxy) is 4. The summed E-state index contributed by atoms with van der Waals surface area (Å²) in [6.07, 6.45) is 0.492. The molecule has 0 fully saturated rings. The van der Waals surface area contributed by atoms with Crippen LogP contribution in [0.1, 0.15) is 53.9 Å². The van der Waals surface area contributed by atoms with Gasteiger partial charge in [0.05, 0.1) is 24.5 Å². The Morgan fingerprint density at radius 1 is 1.00 bits per heavy atom. The van der Waals surface area contributed by atoms with Crippen LogP contribution in [0, 0.1) is 17.3 Å². The molecule has 0 radical (unpaired) electrons. The van der Waals surface area contributed by atoms with Crippen LogP contribution in [-0.2, 0) is 33.3 Å². The Kier molecular flexibility index (Phi) is 14.8. The number of alkyl carbamates (subject to hydrolysis) is 1. The average Bonchev–Trinajstić information content (AvgIpc) is 2.76. The Hall–Kier alpha value is -2.62. The van der Waals surface area contributed by atoms with E-state index in [1.807, 2.05) is 20.8 Å². The van der Waals surface area contributed by atoms with Gasteiger partial charge in [0.15, 0.2) is 0 Å². The summed E-state index contributed by atoms with van der Waals surface area (Å²) in [6, 6.07) is 0. The second-order valence-corrected chi connectivity index (χ2v) is 8.45. The van der Waals surface area contributed by atoms with Crippen molar-refractivity contribution in [2.75, 3.05) is 39.6 Å². The molecule has 10 nitrogen and oxygen atoms in total. The number of esters is 3. The standard InChI is InChI=1S/C23H39NO9/c1-7-23(6,21(28)32-11-9-25)15-18(14-16(2)3)20(27)31-12-13-33-22(29)24-8-10-30-19(26)17(4)5/h16,18,25H,4,7-15H2,1-3,5-6H3,(H,24,29). The lowest BCUT2D eigenvalue weighted by molar-refractivity contribution is -0.160. The van der Waals surface area contributed by atoms with E-state index in [0.717, 1.165) is 0 Å². The number of aliphatic hydroxyl groups is 1. The van der Waals surface area contributed by atoms with Crippen LogP contribution in [0.3, 0.4) is 0 Å². The molecule has 2 N–H and O–H groups in total. The maximum Gasteiger partial charge on any atom is 0.407 e. The summed E-state index contributed by atoms with van der Waals surface area (Å²) in [7, 11) is 0. The van der Waals surface area contributed by atoms with Gasteiger partial charge in [0.1, 0.15) is 26.4 Å². The van der Waals surface area contributed by atoms with E-state index in [1.165, 1.54) is 6.92 Å². The molecule has 0 saturated carbocycles. The molecule has 33 heavy (non-hydrogen) atoms. The zero-order chi connectivity index (χ0) is 25.4. The maximum atomic E-state index is 12.7. The van der Waals surface area contributed by atoms with Crippen LogP contribution in [0.5, 0.6) is 0 Å². The number of rotatable bonds is 16. The van der Waals surface area contributed by atoms with Gasteiger partial charge in [-0.2, -0.15) is 0 Å². The number of aliphatic hydroxyl groups excluding tert-OH is 1. The summed E-state index contributed by atoms with van der Waals surface area (Å²) in [4.78, 5) is 47.9. The molecule has 0 aromatic carbocycles. The number of carbonyl (C=O) groups is 4. The van der Waals surface area contributed by atoms with Crippen LogP contribution in [0.4, 0.5) is 4.79 Å². The Morgan fingerprint density at radius 2 is 1.64 bits per heavy atom. The minimum absolute atomic E-state index is 0.0242. The van der Waals surface area contributed by atoms with Crippen LogP contribution in [-0.4, -0.2) is 68.7 Å². The van der Waals surface area contributed by atoms with Crippen molar-refractivity contribution in [1.29, 1.82) is 0 Å². The van der Waals surface area contributed by atoms with Crippen LogP contribution in [0.15, 0.2) is 12.2 Å². The number of amides is 1. The van der Waals surface area contributed by atoms with Crippen molar-refractivity contribution in [1.82, 2.24) is 5.32 Å². The fourth-order valence-corrected chi connectivity index (χ4v) is 2.93. The van der Waals surface area contributed by atoms with Gasteiger partial charge in [-0.05, 0) is 39.0 Å². The first-order valence-electron chi connectivity index (χ1n) is 11.1. The van der Waals surface area contributed by atoms with Crippen molar-refractivity contribution in [2.24, 2.45) is 17.3 Å². The minimum Gasteiger partial charge on any atom is -0.463 e. The topological polar surface area (TPSA) is 137 Å². The lowest BCUT2D eigenvalue weighted by Crippen LogP contribution is -2.35. The predicted octanol–water partition coefficient (Wildman–Crippen LogP) is 2.38. The molecule has 0 saturated heterocycles. The monoisotopic (exact) mass is 473 g/mol. The van der Waals surface area contributed by atoms with E-state index in [-0.39, 0.29) is 57.5 Å². The molecule has 0 aromatic heterocycles. The molecule has 0 aromatic rings. The first-order valence-corrected chi connectivity index (χ1v) is 11.1. The summed E-state index contributed by atoms with van der Waals surface area (Å²) in [5, 5.41) is 11.3. The van der Waals surface area contributed by atoms with E-state index in [4.69, 9.17) is 24.1 Å². The zero-order valence-corrected chi connectivity index (χ0v) is 20.4. The van der Waals surface area contributed by atoms with E-state index < -0.39 is 35.3 Å². The Bertz CT molecular complexity index is 662. The van der Waals surface area contributed by atoms with E-state index in [0.29, 0.717) is 12.8 Å². The van der Waals surface area contributed by atoms with Gasteiger partial charge >= 0.3 is 24.0 Å². The smallest absolute Gasteiger partial charge is 0.407 e. The van der Waals surface area contributed by atoms with Crippen LogP contribution in [0.25, 0.3) is 0 Å². The highest BCUT2D eigenvalue weighted by molar-refractivity contribution is 5.86. The van der Waals surface area contributed by atoms with Gasteiger partial charge in [0.25, 0.3) is 0 Å². The van der Waals surface area contributed by atoms with E-state index in [2.05, 4.69) is 11.9 Å². The van der Waals surface area contributed by atoms with Crippen LogP contribution >= 0.6 is 0 Å². The van der Waals surface area contributed by atoms with E-state index in [9.17, 15) is 19.2 Å². The van der Waals surface area contributed by atoms with Crippen molar-refractivity contribution in [3.05, 3.63) is 12.2 Å². The number of nitrogens with one attached hydrogen (secondary N) is 1. The second-order valence-electron chi connectivity index (χ2n) is 8.45. The number of hydrogen-bond acceptors (Lipinski definition) is 9. The Morgan fingerprint density at radius 3 is 2.18 bits per heavy atom. The molecule has 0 rings (SSSR count). The third-order valence-corrected chi connectivity index (χ3v) is 4.90. The molecule has 2 unspecified atom stereocenters. The van der Waals surface area contributed by atoms with Gasteiger partial charge in [-0.25, -0.2) is 9.59 Å². The molecule has 0 aliphatic heterocycles. The van der Waals surface area contributed by atoms with Crippen molar-refractivity contribution >= 4 is 24.0 Å². The summed E-state index contributed by atoms with van der Waals surface area (Å²) in [5.41, 5.74) is -0.631. The van der Waals surface area contributed by atoms with Gasteiger partial charge in [-0.3, -0.25) is 9.59 Å². The van der Waals surface area contributed by atoms with Crippen molar-refractivity contribution in [3.63, 3.8) is 0 Å². The highest BCUT2D eigenvalue weighted by Gasteiger charge is 2.38. The molecule has 2 atom stereocenters. The molecule has 0 spiro atoms. The lowest BCUT2D eigenvalue weighted by Gasteiger charge is -2.30. The van der Waals surface area contributed by atoms with Crippen molar-refractivity contribution < 1.29 is 43.2 Å². The molecule has 0 aliphatic rings. The summed E-state index contributed by atoms with van der Waals surface area (Å²) in [6.45, 7) is 11.9. The average molecular weight is 474 g/mol. The fourth-order valence-electron chi connectivity index (χ4n) is 2.93. The third-order valence-electron chi connectivity index (χ3n) is 4.90. The zero-order valence-electron chi connectivity index (χ0n) is 20.4. The Balaban J connectivity index is 4.56. The van der Waals surface area contributed by atoms with Gasteiger partial charge in [0, 0.05) is 5.57 Å². The molecule has 0 aliphatic carbocycles. The third kappa shape index (κ3) is 12.9. The van der Waals surface area contributed by atoms with E-state index in [1.54, 1.807) is 6.92 Å². The highest BCUT2D eigenvalue weighted by atomic mass is 16.6. The quantitative estimate of drug-likeness (QED) is 0.150. The first-order chi connectivity index (χ1) is 15.5. The van der Waals surface area contributed by atoms with Crippen molar-refractivity contribution in [2.45, 2.75) is 53.9 Å². The molecular formula is C23H39NO9. The number of hydrogen-bond donors (Lipinski definition) is 2. The normalized spacial score (nSPS) is 13.4. The lowest BCUT2D eigenvalue weighted by atomic mass is 9.76. The molecule has 1 amide bonds. The molecule has 0 heterocycles. The minimum atomic E-state index is -0.891. The van der Waals surface area contributed by atoms with Gasteiger partial charge in [0.2, 0.25) is 0 Å². The van der Waals surface area contributed by atoms with Gasteiger partial charge in [-0.15, -0.1) is 0 Å². The maximum absolute atomic E-state index is 12.7.